The molecule has 3 aromatic rings. The van der Waals surface area contributed by atoms with E-state index in [1.807, 2.05) is 24.3 Å². The third-order valence-electron chi connectivity index (χ3n) is 3.40. The van der Waals surface area contributed by atoms with Crippen LogP contribution in [0.1, 0.15) is 11.1 Å². The second-order valence-electron chi connectivity index (χ2n) is 4.97. The smallest absolute Gasteiger partial charge is 0.416 e. The fourth-order valence-corrected chi connectivity index (χ4v) is 2.27. The number of fused-ring (bicyclic) bond motifs is 1. The van der Waals surface area contributed by atoms with Gasteiger partial charge in [0.2, 0.25) is 5.88 Å². The van der Waals surface area contributed by atoms with Gasteiger partial charge in [-0.15, -0.1) is 0 Å². The van der Waals surface area contributed by atoms with Crippen LogP contribution < -0.4 is 10.5 Å². The normalized spacial score (nSPS) is 11.7. The highest BCUT2D eigenvalue weighted by Crippen LogP contribution is 2.31. The van der Waals surface area contributed by atoms with E-state index in [9.17, 15) is 13.2 Å². The Balaban J connectivity index is 1.92. The molecular weight excluding hydrogens is 305 g/mol. The quantitative estimate of drug-likeness (QED) is 0.773. The number of rotatable bonds is 3. The molecule has 0 bridgehead atoms. The minimum Gasteiger partial charge on any atom is -0.439 e. The van der Waals surface area contributed by atoms with Gasteiger partial charge in [-0.3, -0.25) is 0 Å². The van der Waals surface area contributed by atoms with Crippen molar-refractivity contribution in [2.75, 3.05) is 0 Å². The molecule has 0 atom stereocenters. The van der Waals surface area contributed by atoms with Crippen LogP contribution in [0.25, 0.3) is 10.9 Å². The van der Waals surface area contributed by atoms with Gasteiger partial charge in [-0.2, -0.15) is 13.2 Å². The van der Waals surface area contributed by atoms with Gasteiger partial charge in [-0.25, -0.2) is 4.98 Å². The van der Waals surface area contributed by atoms with Crippen molar-refractivity contribution in [1.82, 2.24) is 4.98 Å². The minimum absolute atomic E-state index is 0.281. The molecule has 3 nitrogen and oxygen atoms in total. The van der Waals surface area contributed by atoms with E-state index in [-0.39, 0.29) is 5.75 Å². The zero-order valence-corrected chi connectivity index (χ0v) is 12.0. The third-order valence-corrected chi connectivity index (χ3v) is 3.40. The van der Waals surface area contributed by atoms with Crippen molar-refractivity contribution in [3.05, 3.63) is 65.7 Å². The van der Waals surface area contributed by atoms with Gasteiger partial charge in [0.25, 0.3) is 0 Å². The largest absolute Gasteiger partial charge is 0.439 e. The highest BCUT2D eigenvalue weighted by atomic mass is 19.4. The molecule has 0 aliphatic rings. The summed E-state index contributed by atoms with van der Waals surface area (Å²) in [6.07, 6.45) is -4.37. The Kier molecular flexibility index (Phi) is 3.92. The van der Waals surface area contributed by atoms with E-state index in [1.165, 1.54) is 12.1 Å². The number of benzene rings is 2. The molecule has 0 unspecified atom stereocenters. The molecule has 0 aliphatic heterocycles. The number of alkyl halides is 3. The Bertz CT molecular complexity index is 829. The van der Waals surface area contributed by atoms with Crippen LogP contribution >= 0.6 is 0 Å². The van der Waals surface area contributed by atoms with Gasteiger partial charge >= 0.3 is 6.18 Å². The molecule has 23 heavy (non-hydrogen) atoms. The van der Waals surface area contributed by atoms with Gasteiger partial charge in [0.05, 0.1) is 11.1 Å². The third kappa shape index (κ3) is 3.27. The monoisotopic (exact) mass is 318 g/mol. The lowest BCUT2D eigenvalue weighted by molar-refractivity contribution is -0.137. The highest BCUT2D eigenvalue weighted by Gasteiger charge is 2.30. The Morgan fingerprint density at radius 1 is 1.00 bits per heavy atom. The van der Waals surface area contributed by atoms with Crippen LogP contribution in [0.3, 0.4) is 0 Å². The Morgan fingerprint density at radius 2 is 1.70 bits per heavy atom. The zero-order chi connectivity index (χ0) is 16.4. The minimum atomic E-state index is -4.37. The van der Waals surface area contributed by atoms with E-state index in [2.05, 4.69) is 4.98 Å². The Morgan fingerprint density at radius 3 is 2.35 bits per heavy atom. The van der Waals surface area contributed by atoms with Gasteiger partial charge in [0.15, 0.2) is 0 Å². The predicted octanol–water partition coefficient (Wildman–Crippen LogP) is 4.50. The standard InChI is InChI=1S/C17H13F3N2O/c18-17(19,20)12-5-7-13(8-6-12)23-16-9-11(10-21)14-3-1-2-4-15(14)22-16/h1-9H,10,21H2. The number of ether oxygens (including phenoxy) is 1. The fraction of sp³-hybridized carbons (Fsp3) is 0.118. The lowest BCUT2D eigenvalue weighted by Crippen LogP contribution is -2.04. The molecule has 0 saturated carbocycles. The van der Waals surface area contributed by atoms with E-state index >= 15 is 0 Å². The van der Waals surface area contributed by atoms with Gasteiger partial charge in [0.1, 0.15) is 5.75 Å². The SMILES string of the molecule is NCc1cc(Oc2ccc(C(F)(F)F)cc2)nc2ccccc12. The predicted molar refractivity (Wildman–Crippen MR) is 81.2 cm³/mol. The zero-order valence-electron chi connectivity index (χ0n) is 12.0. The summed E-state index contributed by atoms with van der Waals surface area (Å²) in [6, 6.07) is 13.6. The van der Waals surface area contributed by atoms with Crippen molar-refractivity contribution in [2.45, 2.75) is 12.7 Å². The molecule has 0 saturated heterocycles. The summed E-state index contributed by atoms with van der Waals surface area (Å²) in [4.78, 5) is 4.35. The average molecular weight is 318 g/mol. The van der Waals surface area contributed by atoms with E-state index in [0.29, 0.717) is 12.4 Å². The van der Waals surface area contributed by atoms with Crippen molar-refractivity contribution in [3.8, 4) is 11.6 Å². The second-order valence-corrected chi connectivity index (χ2v) is 4.97. The van der Waals surface area contributed by atoms with Gasteiger partial charge < -0.3 is 10.5 Å². The van der Waals surface area contributed by atoms with Crippen molar-refractivity contribution in [3.63, 3.8) is 0 Å². The molecule has 3 rings (SSSR count). The molecule has 0 spiro atoms. The summed E-state index contributed by atoms with van der Waals surface area (Å²) in [7, 11) is 0. The number of para-hydroxylation sites is 1. The lowest BCUT2D eigenvalue weighted by Gasteiger charge is -2.10. The van der Waals surface area contributed by atoms with Crippen molar-refractivity contribution < 1.29 is 17.9 Å². The number of nitrogens with zero attached hydrogens (tertiary/aromatic N) is 1. The summed E-state index contributed by atoms with van der Waals surface area (Å²) in [5.41, 5.74) is 6.59. The summed E-state index contributed by atoms with van der Waals surface area (Å²) in [5.74, 6) is 0.577. The number of hydrogen-bond donors (Lipinski definition) is 1. The molecule has 118 valence electrons. The molecule has 6 heteroatoms. The van der Waals surface area contributed by atoms with E-state index in [1.54, 1.807) is 6.07 Å². The van der Waals surface area contributed by atoms with Crippen LogP contribution in [-0.4, -0.2) is 4.98 Å². The first-order valence-corrected chi connectivity index (χ1v) is 6.91. The molecular formula is C17H13F3N2O. The van der Waals surface area contributed by atoms with Crippen LogP contribution in [0.2, 0.25) is 0 Å². The van der Waals surface area contributed by atoms with Crippen LogP contribution in [0, 0.1) is 0 Å². The fourth-order valence-electron chi connectivity index (χ4n) is 2.27. The van der Waals surface area contributed by atoms with Gasteiger partial charge in [0, 0.05) is 18.0 Å². The highest BCUT2D eigenvalue weighted by molar-refractivity contribution is 5.82. The molecule has 2 aromatic carbocycles. The maximum Gasteiger partial charge on any atom is 0.416 e. The van der Waals surface area contributed by atoms with Crippen LogP contribution in [0.5, 0.6) is 11.6 Å². The first-order chi connectivity index (χ1) is 11.0. The number of pyridine rings is 1. The van der Waals surface area contributed by atoms with E-state index in [0.717, 1.165) is 28.6 Å². The van der Waals surface area contributed by atoms with Crippen molar-refractivity contribution in [1.29, 1.82) is 0 Å². The summed E-state index contributed by atoms with van der Waals surface area (Å²) < 4.78 is 43.2. The molecule has 0 amide bonds. The van der Waals surface area contributed by atoms with Crippen LogP contribution in [0.15, 0.2) is 54.6 Å². The Labute approximate surface area is 130 Å². The van der Waals surface area contributed by atoms with Crippen LogP contribution in [-0.2, 0) is 12.7 Å². The number of halogens is 3. The maximum absolute atomic E-state index is 12.6. The number of aromatic nitrogens is 1. The first-order valence-electron chi connectivity index (χ1n) is 6.91. The van der Waals surface area contributed by atoms with E-state index < -0.39 is 11.7 Å². The topological polar surface area (TPSA) is 48.1 Å². The molecule has 0 fully saturated rings. The van der Waals surface area contributed by atoms with Gasteiger partial charge in [-0.05, 0) is 35.9 Å². The van der Waals surface area contributed by atoms with E-state index in [4.69, 9.17) is 10.5 Å². The summed E-state index contributed by atoms with van der Waals surface area (Å²) >= 11 is 0. The number of hydrogen-bond acceptors (Lipinski definition) is 3. The summed E-state index contributed by atoms with van der Waals surface area (Å²) in [6.45, 7) is 0.312. The second kappa shape index (κ2) is 5.89. The molecule has 1 aromatic heterocycles. The molecule has 0 radical (unpaired) electrons. The Hall–Kier alpha value is -2.60. The van der Waals surface area contributed by atoms with Crippen LogP contribution in [0.4, 0.5) is 13.2 Å². The van der Waals surface area contributed by atoms with Crippen molar-refractivity contribution >= 4 is 10.9 Å². The molecule has 2 N–H and O–H groups in total. The average Bonchev–Trinajstić information content (AvgIpc) is 2.53. The lowest BCUT2D eigenvalue weighted by atomic mass is 10.1. The molecule has 0 aliphatic carbocycles. The number of nitrogens with two attached hydrogens (primary N) is 1. The molecule has 1 heterocycles. The maximum atomic E-state index is 12.6. The first kappa shape index (κ1) is 15.3. The van der Waals surface area contributed by atoms with Crippen molar-refractivity contribution in [2.24, 2.45) is 5.73 Å². The summed E-state index contributed by atoms with van der Waals surface area (Å²) in [5, 5.41) is 0.926. The van der Waals surface area contributed by atoms with Gasteiger partial charge in [-0.1, -0.05) is 18.2 Å².